The molecule has 0 aliphatic carbocycles. The summed E-state index contributed by atoms with van der Waals surface area (Å²) in [5.74, 6) is -0.961. The molecule has 0 spiro atoms. The first-order valence-corrected chi connectivity index (χ1v) is 17.3. The molecule has 0 saturated carbocycles. The van der Waals surface area contributed by atoms with Gasteiger partial charge in [-0.25, -0.2) is 4.39 Å². The highest BCUT2D eigenvalue weighted by atomic mass is 19.1. The molecule has 4 heterocycles. The van der Waals surface area contributed by atoms with Crippen molar-refractivity contribution in [2.24, 2.45) is 14.1 Å². The smallest absolute Gasteiger partial charge is 0.264 e. The molecule has 0 bridgehead atoms. The number of hydrogen-bond acceptors (Lipinski definition) is 5. The summed E-state index contributed by atoms with van der Waals surface area (Å²) in [5, 5.41) is 9.76. The molecule has 51 heavy (non-hydrogen) atoms. The summed E-state index contributed by atoms with van der Waals surface area (Å²) in [7, 11) is 3.62. The number of benzene rings is 3. The number of amides is 2. The molecule has 0 unspecified atom stereocenters. The average Bonchev–Trinajstić information content (AvgIpc) is 3.61. The normalized spacial score (nSPS) is 16.1. The van der Waals surface area contributed by atoms with E-state index in [-0.39, 0.29) is 17.9 Å². The highest BCUT2D eigenvalue weighted by Gasteiger charge is 2.34. The van der Waals surface area contributed by atoms with Gasteiger partial charge in [-0.15, -0.1) is 0 Å². The number of aromatic nitrogens is 2. The van der Waals surface area contributed by atoms with Gasteiger partial charge in [0.2, 0.25) is 0 Å². The molecule has 2 aromatic heterocycles. The van der Waals surface area contributed by atoms with Crippen LogP contribution in [0.25, 0.3) is 11.3 Å². The van der Waals surface area contributed by atoms with Crippen LogP contribution in [0.1, 0.15) is 48.9 Å². The van der Waals surface area contributed by atoms with Crippen molar-refractivity contribution in [2.75, 3.05) is 37.7 Å². The Morgan fingerprint density at radius 3 is 2.29 bits per heavy atom. The van der Waals surface area contributed by atoms with Crippen molar-refractivity contribution in [3.05, 3.63) is 130 Å². The summed E-state index contributed by atoms with van der Waals surface area (Å²) in [6, 6.07) is 27.4. The lowest BCUT2D eigenvalue weighted by molar-refractivity contribution is 0.0193. The third kappa shape index (κ3) is 6.35. The van der Waals surface area contributed by atoms with Gasteiger partial charge in [0.25, 0.3) is 11.8 Å². The Labute approximate surface area is 297 Å². The highest BCUT2D eigenvalue weighted by molar-refractivity contribution is 6.13. The third-order valence-electron chi connectivity index (χ3n) is 10.5. The fourth-order valence-electron chi connectivity index (χ4n) is 7.39. The molecular weight excluding hydrogens is 643 g/mol. The van der Waals surface area contributed by atoms with E-state index < -0.39 is 5.82 Å². The lowest BCUT2D eigenvalue weighted by Gasteiger charge is -2.40. The van der Waals surface area contributed by atoms with Crippen molar-refractivity contribution in [2.45, 2.75) is 32.9 Å². The first kappa shape index (κ1) is 34.0. The molecule has 1 saturated heterocycles. The molecule has 2 amide bonds. The Morgan fingerprint density at radius 1 is 0.882 bits per heavy atom. The van der Waals surface area contributed by atoms with Crippen LogP contribution in [0.2, 0.25) is 0 Å². The topological polar surface area (TPSA) is 86.7 Å². The largest absolute Gasteiger partial charge is 0.379 e. The van der Waals surface area contributed by atoms with Gasteiger partial charge < -0.3 is 18.8 Å². The van der Waals surface area contributed by atoms with Gasteiger partial charge in [0.05, 0.1) is 24.5 Å². The van der Waals surface area contributed by atoms with Gasteiger partial charge in [-0.2, -0.15) is 5.26 Å². The summed E-state index contributed by atoms with van der Waals surface area (Å²) < 4.78 is 24.3. The predicted octanol–water partition coefficient (Wildman–Crippen LogP) is 6.54. The number of morpholine rings is 1. The zero-order valence-corrected chi connectivity index (χ0v) is 29.4. The molecule has 3 aromatic carbocycles. The van der Waals surface area contributed by atoms with Crippen LogP contribution in [0.5, 0.6) is 0 Å². The highest BCUT2D eigenvalue weighted by Crippen LogP contribution is 2.36. The first-order chi connectivity index (χ1) is 24.7. The number of anilines is 2. The van der Waals surface area contributed by atoms with Crippen molar-refractivity contribution < 1.29 is 18.7 Å². The molecule has 7 rings (SSSR count). The number of fused-ring (bicyclic) bond motifs is 1. The van der Waals surface area contributed by atoms with Crippen LogP contribution in [0.3, 0.4) is 0 Å². The summed E-state index contributed by atoms with van der Waals surface area (Å²) in [6.07, 6.45) is 0.722. The van der Waals surface area contributed by atoms with Gasteiger partial charge in [-0.3, -0.25) is 19.4 Å². The van der Waals surface area contributed by atoms with E-state index in [9.17, 15) is 14.9 Å². The number of halogens is 1. The maximum absolute atomic E-state index is 15.2. The van der Waals surface area contributed by atoms with Crippen LogP contribution in [0, 0.1) is 31.0 Å². The molecule has 0 radical (unpaired) electrons. The summed E-state index contributed by atoms with van der Waals surface area (Å²) in [5.41, 5.74) is 7.16. The van der Waals surface area contributed by atoms with Gasteiger partial charge in [0.15, 0.2) is 0 Å². The average molecular weight is 685 g/mol. The molecule has 9 nitrogen and oxygen atoms in total. The fourth-order valence-corrected chi connectivity index (χ4v) is 7.39. The minimum atomic E-state index is -0.475. The number of ether oxygens (including phenoxy) is 1. The fraction of sp³-hybridized carbons (Fsp3) is 0.293. The number of rotatable bonds is 7. The van der Waals surface area contributed by atoms with Crippen LogP contribution in [-0.2, 0) is 31.8 Å². The minimum absolute atomic E-state index is 0.0810. The maximum atomic E-state index is 15.2. The van der Waals surface area contributed by atoms with Crippen LogP contribution >= 0.6 is 0 Å². The van der Waals surface area contributed by atoms with Gasteiger partial charge in [0.1, 0.15) is 17.6 Å². The van der Waals surface area contributed by atoms with Gasteiger partial charge >= 0.3 is 0 Å². The van der Waals surface area contributed by atoms with E-state index in [1.807, 2.05) is 72.8 Å². The number of hydrogen-bond donors (Lipinski definition) is 0. The maximum Gasteiger partial charge on any atom is 0.264 e. The van der Waals surface area contributed by atoms with E-state index in [0.717, 1.165) is 30.8 Å². The monoisotopic (exact) mass is 684 g/mol. The Morgan fingerprint density at radius 2 is 1.59 bits per heavy atom. The summed E-state index contributed by atoms with van der Waals surface area (Å²) in [6.45, 7) is 7.82. The molecule has 1 atom stereocenters. The van der Waals surface area contributed by atoms with E-state index in [0.29, 0.717) is 71.5 Å². The lowest BCUT2D eigenvalue weighted by atomic mass is 9.92. The number of carbonyl (C=O) groups is 2. The van der Waals surface area contributed by atoms with E-state index >= 15 is 4.39 Å². The standard InChI is InChI=1S/C41H41FN6O3/c1-27-36(41(50)48(32-12-6-5-7-13-32)38-22-33(24-43)44(3)28(38)2)23-39(45(27)4)37-21-31(42)14-15-35(37)40(49)47-25-30-11-9-8-10-29(30)20-34(47)26-46-16-18-51-19-17-46/h5-15,21-23,34H,16-20,25-26H2,1-4H3/t34-/m0/s1. The molecular formula is C41H41FN6O3. The SMILES string of the molecule is Cc1c(N(C(=O)c2cc(-c3cc(F)ccc3C(=O)N3Cc4ccccc4C[C@H]3CN3CCOCC3)n(C)c2C)c2ccccc2)cc(C#N)n1C. The van der Waals surface area contributed by atoms with E-state index in [1.54, 1.807) is 34.7 Å². The molecule has 0 N–H and O–H groups in total. The van der Waals surface area contributed by atoms with Gasteiger partial charge in [-0.1, -0.05) is 42.5 Å². The van der Waals surface area contributed by atoms with Crippen LogP contribution in [0.4, 0.5) is 15.8 Å². The number of nitrogens with zero attached hydrogens (tertiary/aromatic N) is 6. The zero-order chi connectivity index (χ0) is 35.8. The Balaban J connectivity index is 1.29. The Hall–Kier alpha value is -5.50. The van der Waals surface area contributed by atoms with Crippen LogP contribution in [-0.4, -0.2) is 69.6 Å². The van der Waals surface area contributed by atoms with Crippen LogP contribution < -0.4 is 4.90 Å². The second kappa shape index (κ2) is 14.0. The lowest BCUT2D eigenvalue weighted by Crippen LogP contribution is -2.52. The van der Waals surface area contributed by atoms with Crippen molar-refractivity contribution in [1.82, 2.24) is 18.9 Å². The Kier molecular flexibility index (Phi) is 9.34. The zero-order valence-electron chi connectivity index (χ0n) is 29.4. The van der Waals surface area contributed by atoms with Gasteiger partial charge in [-0.05, 0) is 73.9 Å². The first-order valence-electron chi connectivity index (χ1n) is 17.3. The van der Waals surface area contributed by atoms with E-state index in [1.165, 1.54) is 17.7 Å². The molecule has 2 aliphatic rings. The summed E-state index contributed by atoms with van der Waals surface area (Å²) >= 11 is 0. The predicted molar refractivity (Wildman–Crippen MR) is 194 cm³/mol. The quantitative estimate of drug-likeness (QED) is 0.195. The minimum Gasteiger partial charge on any atom is -0.379 e. The molecule has 260 valence electrons. The summed E-state index contributed by atoms with van der Waals surface area (Å²) in [4.78, 5) is 35.3. The molecule has 10 heteroatoms. The molecule has 2 aliphatic heterocycles. The van der Waals surface area contributed by atoms with E-state index in [4.69, 9.17) is 4.74 Å². The van der Waals surface area contributed by atoms with Crippen molar-refractivity contribution in [3.8, 4) is 17.3 Å². The second-order valence-corrected chi connectivity index (χ2v) is 13.4. The molecule has 5 aromatic rings. The molecule has 1 fully saturated rings. The van der Waals surface area contributed by atoms with Crippen molar-refractivity contribution in [1.29, 1.82) is 5.26 Å². The van der Waals surface area contributed by atoms with Crippen molar-refractivity contribution >= 4 is 23.2 Å². The van der Waals surface area contributed by atoms with E-state index in [2.05, 4.69) is 23.1 Å². The van der Waals surface area contributed by atoms with Crippen molar-refractivity contribution in [3.63, 3.8) is 0 Å². The third-order valence-corrected chi connectivity index (χ3v) is 10.5. The number of carbonyl (C=O) groups excluding carboxylic acids is 2. The van der Waals surface area contributed by atoms with Crippen LogP contribution in [0.15, 0.2) is 84.9 Å². The number of para-hydroxylation sites is 1. The number of nitriles is 1. The Bertz CT molecular complexity index is 2160. The van der Waals surface area contributed by atoms with Gasteiger partial charge in [0, 0.05) is 80.2 Å². The second-order valence-electron chi connectivity index (χ2n) is 13.4.